The normalized spacial score (nSPS) is 42.8. The molecule has 2 unspecified atom stereocenters. The molecule has 0 aromatic rings. The summed E-state index contributed by atoms with van der Waals surface area (Å²) in [5, 5.41) is 0. The number of allylic oxidation sites excluding steroid dienone is 2. The van der Waals surface area contributed by atoms with E-state index in [1.54, 1.807) is 5.57 Å². The first-order valence-corrected chi connectivity index (χ1v) is 5.64. The van der Waals surface area contributed by atoms with Gasteiger partial charge in [-0.25, -0.2) is 0 Å². The first-order chi connectivity index (χ1) is 5.97. The summed E-state index contributed by atoms with van der Waals surface area (Å²) in [7, 11) is 0. The van der Waals surface area contributed by atoms with Gasteiger partial charge in [-0.1, -0.05) is 38.8 Å². The molecule has 2 rings (SSSR count). The lowest BCUT2D eigenvalue weighted by molar-refractivity contribution is 0.0421. The summed E-state index contributed by atoms with van der Waals surface area (Å²) in [6, 6.07) is 0. The Morgan fingerprint density at radius 2 is 1.92 bits per heavy atom. The maximum atomic E-state index is 2.48. The molecule has 2 atom stereocenters. The Bertz CT molecular complexity index is 247. The number of hydrogen-bond acceptors (Lipinski definition) is 0. The molecule has 0 N–H and O–H groups in total. The van der Waals surface area contributed by atoms with Gasteiger partial charge in [0.25, 0.3) is 0 Å². The first kappa shape index (κ1) is 9.30. The number of rotatable bonds is 0. The lowest BCUT2D eigenvalue weighted by Crippen LogP contribution is -2.39. The van der Waals surface area contributed by atoms with Crippen LogP contribution in [0.15, 0.2) is 11.6 Å². The second kappa shape index (κ2) is 2.62. The lowest BCUT2D eigenvalue weighted by atomic mass is 9.56. The van der Waals surface area contributed by atoms with Crippen molar-refractivity contribution in [2.45, 2.75) is 53.4 Å². The van der Waals surface area contributed by atoms with Crippen LogP contribution in [0.5, 0.6) is 0 Å². The van der Waals surface area contributed by atoms with Crippen molar-refractivity contribution < 1.29 is 0 Å². The van der Waals surface area contributed by atoms with Gasteiger partial charge in [0.2, 0.25) is 0 Å². The fourth-order valence-electron chi connectivity index (χ4n) is 3.70. The molecule has 0 amide bonds. The zero-order chi connectivity index (χ0) is 9.69. The van der Waals surface area contributed by atoms with Crippen molar-refractivity contribution in [3.8, 4) is 0 Å². The molecule has 74 valence electrons. The summed E-state index contributed by atoms with van der Waals surface area (Å²) in [5.74, 6) is 0.911. The van der Waals surface area contributed by atoms with E-state index in [-0.39, 0.29) is 0 Å². The minimum absolute atomic E-state index is 0.543. The SMILES string of the molecule is CC1=CCC2C(C)(C)CCCC12C. The maximum absolute atomic E-state index is 2.48. The van der Waals surface area contributed by atoms with Gasteiger partial charge in [-0.3, -0.25) is 0 Å². The summed E-state index contributed by atoms with van der Waals surface area (Å²) in [5.41, 5.74) is 2.77. The quantitative estimate of drug-likeness (QED) is 0.488. The van der Waals surface area contributed by atoms with Gasteiger partial charge in [0.1, 0.15) is 0 Å². The largest absolute Gasteiger partial charge is 0.0847 e. The molecular formula is C13H22. The Morgan fingerprint density at radius 1 is 1.23 bits per heavy atom. The van der Waals surface area contributed by atoms with Crippen LogP contribution in [-0.4, -0.2) is 0 Å². The van der Waals surface area contributed by atoms with Crippen LogP contribution in [-0.2, 0) is 0 Å². The van der Waals surface area contributed by atoms with E-state index < -0.39 is 0 Å². The van der Waals surface area contributed by atoms with Crippen LogP contribution >= 0.6 is 0 Å². The van der Waals surface area contributed by atoms with E-state index >= 15 is 0 Å². The van der Waals surface area contributed by atoms with E-state index in [2.05, 4.69) is 33.8 Å². The van der Waals surface area contributed by atoms with Crippen molar-refractivity contribution in [1.29, 1.82) is 0 Å². The monoisotopic (exact) mass is 178 g/mol. The van der Waals surface area contributed by atoms with E-state index in [4.69, 9.17) is 0 Å². The zero-order valence-corrected chi connectivity index (χ0v) is 9.48. The average Bonchev–Trinajstić information content (AvgIpc) is 2.29. The van der Waals surface area contributed by atoms with Crippen LogP contribution in [0.4, 0.5) is 0 Å². The summed E-state index contributed by atoms with van der Waals surface area (Å²) >= 11 is 0. The third-order valence-corrected chi connectivity index (χ3v) is 4.79. The Kier molecular flexibility index (Phi) is 1.87. The molecule has 1 saturated carbocycles. The maximum Gasteiger partial charge on any atom is -0.00829 e. The Balaban J connectivity index is 2.33. The predicted molar refractivity (Wildman–Crippen MR) is 57.6 cm³/mol. The van der Waals surface area contributed by atoms with Crippen LogP contribution in [0.25, 0.3) is 0 Å². The standard InChI is InChI=1S/C13H22/c1-10-6-7-11-12(2,3)8-5-9-13(10,11)4/h6,11H,5,7-9H2,1-4H3. The van der Waals surface area contributed by atoms with Crippen LogP contribution < -0.4 is 0 Å². The van der Waals surface area contributed by atoms with Gasteiger partial charge in [-0.2, -0.15) is 0 Å². The molecule has 0 aliphatic heterocycles. The molecule has 0 radical (unpaired) electrons. The summed E-state index contributed by atoms with van der Waals surface area (Å²) in [6.07, 6.45) is 8.08. The van der Waals surface area contributed by atoms with E-state index in [9.17, 15) is 0 Å². The van der Waals surface area contributed by atoms with Crippen molar-refractivity contribution in [2.24, 2.45) is 16.7 Å². The second-order valence-corrected chi connectivity index (χ2v) is 5.94. The Morgan fingerprint density at radius 3 is 2.54 bits per heavy atom. The highest BCUT2D eigenvalue weighted by Crippen LogP contribution is 2.59. The highest BCUT2D eigenvalue weighted by Gasteiger charge is 2.48. The fourth-order valence-corrected chi connectivity index (χ4v) is 3.70. The van der Waals surface area contributed by atoms with E-state index in [1.165, 1.54) is 25.7 Å². The molecule has 2 aliphatic carbocycles. The topological polar surface area (TPSA) is 0 Å². The third kappa shape index (κ3) is 1.18. The molecule has 0 aromatic heterocycles. The smallest absolute Gasteiger partial charge is 0.00829 e. The number of fused-ring (bicyclic) bond motifs is 1. The average molecular weight is 178 g/mol. The summed E-state index contributed by atoms with van der Waals surface area (Å²) in [6.45, 7) is 9.74. The molecule has 0 bridgehead atoms. The van der Waals surface area contributed by atoms with Crippen molar-refractivity contribution in [1.82, 2.24) is 0 Å². The minimum Gasteiger partial charge on any atom is -0.0847 e. The second-order valence-electron chi connectivity index (χ2n) is 5.94. The highest BCUT2D eigenvalue weighted by molar-refractivity contribution is 5.22. The molecule has 0 spiro atoms. The van der Waals surface area contributed by atoms with Gasteiger partial charge in [0.15, 0.2) is 0 Å². The molecular weight excluding hydrogens is 156 g/mol. The molecule has 0 saturated heterocycles. The van der Waals surface area contributed by atoms with Crippen molar-refractivity contribution >= 4 is 0 Å². The summed E-state index contributed by atoms with van der Waals surface area (Å²) < 4.78 is 0. The summed E-state index contributed by atoms with van der Waals surface area (Å²) in [4.78, 5) is 0. The predicted octanol–water partition coefficient (Wildman–Crippen LogP) is 4.17. The molecule has 1 fully saturated rings. The van der Waals surface area contributed by atoms with Crippen LogP contribution in [0.3, 0.4) is 0 Å². The van der Waals surface area contributed by atoms with Crippen LogP contribution in [0, 0.1) is 16.7 Å². The first-order valence-electron chi connectivity index (χ1n) is 5.64. The van der Waals surface area contributed by atoms with Crippen LogP contribution in [0.1, 0.15) is 53.4 Å². The molecule has 13 heavy (non-hydrogen) atoms. The number of hydrogen-bond donors (Lipinski definition) is 0. The van der Waals surface area contributed by atoms with Gasteiger partial charge in [-0.15, -0.1) is 0 Å². The van der Waals surface area contributed by atoms with Gasteiger partial charge >= 0.3 is 0 Å². The van der Waals surface area contributed by atoms with E-state index in [0.29, 0.717) is 10.8 Å². The van der Waals surface area contributed by atoms with E-state index in [1.807, 2.05) is 0 Å². The molecule has 0 heterocycles. The van der Waals surface area contributed by atoms with Crippen molar-refractivity contribution in [3.05, 3.63) is 11.6 Å². The van der Waals surface area contributed by atoms with Gasteiger partial charge < -0.3 is 0 Å². The van der Waals surface area contributed by atoms with Crippen LogP contribution in [0.2, 0.25) is 0 Å². The lowest BCUT2D eigenvalue weighted by Gasteiger charge is -2.48. The Hall–Kier alpha value is -0.260. The van der Waals surface area contributed by atoms with Crippen molar-refractivity contribution in [3.63, 3.8) is 0 Å². The molecule has 2 aliphatic rings. The van der Waals surface area contributed by atoms with Gasteiger partial charge in [0.05, 0.1) is 0 Å². The zero-order valence-electron chi connectivity index (χ0n) is 9.48. The fraction of sp³-hybridized carbons (Fsp3) is 0.846. The van der Waals surface area contributed by atoms with Crippen molar-refractivity contribution in [2.75, 3.05) is 0 Å². The van der Waals surface area contributed by atoms with Gasteiger partial charge in [0, 0.05) is 0 Å². The Labute approximate surface area is 82.4 Å². The molecule has 0 nitrogen and oxygen atoms in total. The highest BCUT2D eigenvalue weighted by atomic mass is 14.5. The van der Waals surface area contributed by atoms with Gasteiger partial charge in [-0.05, 0) is 42.9 Å². The van der Waals surface area contributed by atoms with E-state index in [0.717, 1.165) is 5.92 Å². The minimum atomic E-state index is 0.543. The third-order valence-electron chi connectivity index (χ3n) is 4.79. The molecule has 0 aromatic carbocycles. The molecule has 0 heteroatoms.